The zero-order valence-corrected chi connectivity index (χ0v) is 14.6. The van der Waals surface area contributed by atoms with Gasteiger partial charge >= 0.3 is 0 Å². The summed E-state index contributed by atoms with van der Waals surface area (Å²) in [6.07, 6.45) is 2.01. The lowest BCUT2D eigenvalue weighted by Gasteiger charge is -2.25. The summed E-state index contributed by atoms with van der Waals surface area (Å²) < 4.78 is 0. The van der Waals surface area contributed by atoms with Gasteiger partial charge in [0.15, 0.2) is 0 Å². The number of aryl methyl sites for hydroxylation is 1. The fraction of sp³-hybridized carbons (Fsp3) is 0.0870. The molecule has 1 aliphatic rings. The molecule has 3 aromatic carbocycles. The summed E-state index contributed by atoms with van der Waals surface area (Å²) in [6, 6.07) is 27.8. The van der Waals surface area contributed by atoms with Gasteiger partial charge in [-0.05, 0) is 42.8 Å². The summed E-state index contributed by atoms with van der Waals surface area (Å²) in [4.78, 5) is 15.0. The molecule has 0 radical (unpaired) electrons. The maximum absolute atomic E-state index is 13.2. The highest BCUT2D eigenvalue weighted by atomic mass is 16.2. The lowest BCUT2D eigenvalue weighted by Crippen LogP contribution is -2.30. The van der Waals surface area contributed by atoms with Gasteiger partial charge in [0, 0.05) is 11.4 Å². The van der Waals surface area contributed by atoms with Crippen LogP contribution in [-0.2, 0) is 4.79 Å². The van der Waals surface area contributed by atoms with Crippen molar-refractivity contribution in [2.75, 3.05) is 10.2 Å². The van der Waals surface area contributed by atoms with Gasteiger partial charge in [0.2, 0.25) is 0 Å². The Morgan fingerprint density at radius 1 is 0.808 bits per heavy atom. The van der Waals surface area contributed by atoms with Crippen LogP contribution in [0.1, 0.15) is 17.2 Å². The molecule has 1 unspecified atom stereocenters. The predicted molar refractivity (Wildman–Crippen MR) is 106 cm³/mol. The summed E-state index contributed by atoms with van der Waals surface area (Å²) in [5, 5.41) is 3.27. The number of rotatable bonds is 4. The summed E-state index contributed by atoms with van der Waals surface area (Å²) >= 11 is 0. The van der Waals surface area contributed by atoms with Crippen molar-refractivity contribution in [1.82, 2.24) is 0 Å². The van der Waals surface area contributed by atoms with Crippen LogP contribution in [0.4, 0.5) is 11.4 Å². The molecule has 1 atom stereocenters. The Bertz CT molecular complexity index is 931. The number of nitrogens with zero attached hydrogens (tertiary/aromatic N) is 1. The lowest BCUT2D eigenvalue weighted by molar-refractivity contribution is -0.114. The normalized spacial score (nSPS) is 16.5. The molecule has 3 heteroatoms. The van der Waals surface area contributed by atoms with Crippen molar-refractivity contribution in [2.45, 2.75) is 13.0 Å². The number of carbonyl (C=O) groups is 1. The highest BCUT2D eigenvalue weighted by Gasteiger charge is 2.34. The van der Waals surface area contributed by atoms with Crippen LogP contribution in [0.5, 0.6) is 0 Å². The van der Waals surface area contributed by atoms with E-state index in [2.05, 4.69) is 36.5 Å². The Balaban J connectivity index is 1.73. The molecule has 1 amide bonds. The number of hydrogen-bond acceptors (Lipinski definition) is 2. The first-order chi connectivity index (χ1) is 12.7. The first-order valence-corrected chi connectivity index (χ1v) is 8.71. The highest BCUT2D eigenvalue weighted by Crippen LogP contribution is 2.36. The number of nitrogens with one attached hydrogen (secondary N) is 1. The maximum Gasteiger partial charge on any atom is 0.275 e. The van der Waals surface area contributed by atoms with Crippen LogP contribution >= 0.6 is 0 Å². The van der Waals surface area contributed by atoms with Crippen LogP contribution in [0.25, 0.3) is 0 Å². The molecule has 3 nitrogen and oxygen atoms in total. The van der Waals surface area contributed by atoms with E-state index in [-0.39, 0.29) is 11.9 Å². The second kappa shape index (κ2) is 6.89. The molecule has 26 heavy (non-hydrogen) atoms. The van der Waals surface area contributed by atoms with Crippen LogP contribution in [0.15, 0.2) is 96.7 Å². The van der Waals surface area contributed by atoms with Crippen molar-refractivity contribution in [3.8, 4) is 0 Å². The van der Waals surface area contributed by atoms with E-state index in [0.717, 1.165) is 16.9 Å². The molecule has 0 aromatic heterocycles. The van der Waals surface area contributed by atoms with E-state index in [1.54, 1.807) is 0 Å². The summed E-state index contributed by atoms with van der Waals surface area (Å²) in [7, 11) is 0. The number of amides is 1. The van der Waals surface area contributed by atoms with Crippen molar-refractivity contribution >= 4 is 17.3 Å². The monoisotopic (exact) mass is 340 g/mol. The third-order valence-electron chi connectivity index (χ3n) is 4.56. The average Bonchev–Trinajstić information content (AvgIpc) is 3.00. The lowest BCUT2D eigenvalue weighted by atomic mass is 10.0. The van der Waals surface area contributed by atoms with Crippen LogP contribution < -0.4 is 10.2 Å². The third kappa shape index (κ3) is 3.11. The van der Waals surface area contributed by atoms with E-state index in [1.807, 2.05) is 71.6 Å². The molecule has 4 rings (SSSR count). The van der Waals surface area contributed by atoms with E-state index in [4.69, 9.17) is 0 Å². The number of para-hydroxylation sites is 2. The quantitative estimate of drug-likeness (QED) is 0.718. The van der Waals surface area contributed by atoms with Crippen molar-refractivity contribution < 1.29 is 4.79 Å². The van der Waals surface area contributed by atoms with Crippen molar-refractivity contribution in [2.24, 2.45) is 0 Å². The number of carbonyl (C=O) groups excluding carboxylic acids is 1. The summed E-state index contributed by atoms with van der Waals surface area (Å²) in [5.41, 5.74) is 4.70. The van der Waals surface area contributed by atoms with Crippen LogP contribution in [-0.4, -0.2) is 5.91 Å². The predicted octanol–water partition coefficient (Wildman–Crippen LogP) is 5.08. The van der Waals surface area contributed by atoms with Gasteiger partial charge in [-0.25, -0.2) is 0 Å². The van der Waals surface area contributed by atoms with Crippen LogP contribution in [0.3, 0.4) is 0 Å². The van der Waals surface area contributed by atoms with E-state index in [0.29, 0.717) is 5.70 Å². The smallest absolute Gasteiger partial charge is 0.275 e. The minimum atomic E-state index is -0.128. The summed E-state index contributed by atoms with van der Waals surface area (Å²) in [6.45, 7) is 2.07. The molecule has 1 N–H and O–H groups in total. The number of anilines is 2. The van der Waals surface area contributed by atoms with Gasteiger partial charge < -0.3 is 5.32 Å². The molecule has 0 aliphatic carbocycles. The van der Waals surface area contributed by atoms with Crippen molar-refractivity contribution in [3.63, 3.8) is 0 Å². The fourth-order valence-corrected chi connectivity index (χ4v) is 3.21. The highest BCUT2D eigenvalue weighted by molar-refractivity contribution is 6.11. The molecular formula is C23H20N2O. The van der Waals surface area contributed by atoms with Gasteiger partial charge in [0.25, 0.3) is 5.91 Å². The van der Waals surface area contributed by atoms with Gasteiger partial charge in [0.1, 0.15) is 5.70 Å². The summed E-state index contributed by atoms with van der Waals surface area (Å²) in [5.74, 6) is -0.0226. The average molecular weight is 340 g/mol. The molecule has 0 saturated carbocycles. The second-order valence-electron chi connectivity index (χ2n) is 6.44. The Morgan fingerprint density at radius 3 is 2.08 bits per heavy atom. The molecular weight excluding hydrogens is 320 g/mol. The Hall–Kier alpha value is -3.33. The van der Waals surface area contributed by atoms with Crippen LogP contribution in [0, 0.1) is 6.92 Å². The molecule has 128 valence electrons. The molecule has 0 spiro atoms. The van der Waals surface area contributed by atoms with Crippen molar-refractivity contribution in [1.29, 1.82) is 0 Å². The zero-order chi connectivity index (χ0) is 17.9. The largest absolute Gasteiger partial charge is 0.351 e. The van der Waals surface area contributed by atoms with E-state index in [9.17, 15) is 4.79 Å². The maximum atomic E-state index is 13.2. The second-order valence-corrected chi connectivity index (χ2v) is 6.44. The molecule has 3 aromatic rings. The Labute approximate surface area is 153 Å². The van der Waals surface area contributed by atoms with E-state index in [1.165, 1.54) is 5.56 Å². The van der Waals surface area contributed by atoms with Gasteiger partial charge in [-0.3, -0.25) is 9.69 Å². The fourth-order valence-electron chi connectivity index (χ4n) is 3.21. The first kappa shape index (κ1) is 16.2. The standard InChI is InChI=1S/C23H20N2O/c1-17-12-14-18(15-13-17)22-16-21(24-19-8-4-2-5-9-19)23(26)25(22)20-10-6-3-7-11-20/h2-16,22,24H,1H3. The van der Waals surface area contributed by atoms with Gasteiger partial charge in [-0.2, -0.15) is 0 Å². The first-order valence-electron chi connectivity index (χ1n) is 8.71. The van der Waals surface area contributed by atoms with Gasteiger partial charge in [0.05, 0.1) is 6.04 Å². The van der Waals surface area contributed by atoms with Crippen LogP contribution in [0.2, 0.25) is 0 Å². The SMILES string of the molecule is Cc1ccc(C2C=C(Nc3ccccc3)C(=O)N2c2ccccc2)cc1. The van der Waals surface area contributed by atoms with Gasteiger partial charge in [-0.1, -0.05) is 66.2 Å². The Kier molecular flexibility index (Phi) is 4.28. The number of hydrogen-bond donors (Lipinski definition) is 1. The van der Waals surface area contributed by atoms with E-state index >= 15 is 0 Å². The molecule has 1 aliphatic heterocycles. The van der Waals surface area contributed by atoms with Crippen molar-refractivity contribution in [3.05, 3.63) is 108 Å². The molecule has 0 bridgehead atoms. The molecule has 0 fully saturated rings. The Morgan fingerprint density at radius 2 is 1.42 bits per heavy atom. The van der Waals surface area contributed by atoms with E-state index < -0.39 is 0 Å². The minimum absolute atomic E-state index is 0.0226. The topological polar surface area (TPSA) is 32.3 Å². The molecule has 0 saturated heterocycles. The minimum Gasteiger partial charge on any atom is -0.351 e. The third-order valence-corrected chi connectivity index (χ3v) is 4.56. The van der Waals surface area contributed by atoms with Gasteiger partial charge in [-0.15, -0.1) is 0 Å². The molecule has 1 heterocycles. The zero-order valence-electron chi connectivity index (χ0n) is 14.6. The number of benzene rings is 3.